The number of carbonyl (C=O) groups excluding carboxylic acids is 2. The lowest BCUT2D eigenvalue weighted by atomic mass is 9.96. The third kappa shape index (κ3) is 4.63. The highest BCUT2D eigenvalue weighted by Crippen LogP contribution is 2.24. The monoisotopic (exact) mass is 425 g/mol. The molecule has 0 bridgehead atoms. The number of H-pyrrole nitrogens is 1. The maximum atomic E-state index is 13.5. The number of nitrogens with zero attached hydrogens (tertiary/aromatic N) is 1. The first-order valence-electron chi connectivity index (χ1n) is 10.7. The molecule has 0 fully saturated rings. The molecule has 1 atom stereocenters. The van der Waals surface area contributed by atoms with Crippen molar-refractivity contribution in [1.29, 1.82) is 0 Å². The van der Waals surface area contributed by atoms with Crippen molar-refractivity contribution in [2.45, 2.75) is 12.5 Å². The molecule has 5 nitrogen and oxygen atoms in total. The minimum atomic E-state index is -0.440. The van der Waals surface area contributed by atoms with Crippen LogP contribution in [0.3, 0.4) is 0 Å². The second-order valence-corrected chi connectivity index (χ2v) is 8.06. The summed E-state index contributed by atoms with van der Waals surface area (Å²) in [5.41, 5.74) is 4.36. The van der Waals surface area contributed by atoms with Crippen LogP contribution in [0.4, 0.5) is 0 Å². The number of para-hydroxylation sites is 1. The number of benzene rings is 3. The molecule has 1 aromatic heterocycles. The van der Waals surface area contributed by atoms with Crippen LogP contribution < -0.4 is 5.32 Å². The van der Waals surface area contributed by atoms with E-state index in [2.05, 4.69) is 10.3 Å². The number of nitrogens with one attached hydrogen (secondary N) is 2. The van der Waals surface area contributed by atoms with Crippen LogP contribution in [0, 0.1) is 0 Å². The fourth-order valence-electron chi connectivity index (χ4n) is 3.87. The predicted molar refractivity (Wildman–Crippen MR) is 128 cm³/mol. The first-order valence-corrected chi connectivity index (χ1v) is 10.7. The van der Waals surface area contributed by atoms with Gasteiger partial charge in [0, 0.05) is 48.9 Å². The Hall–Kier alpha value is -3.70. The van der Waals surface area contributed by atoms with Gasteiger partial charge in [-0.3, -0.25) is 9.59 Å². The molecule has 0 radical (unpaired) electrons. The lowest BCUT2D eigenvalue weighted by Crippen LogP contribution is -2.30. The Morgan fingerprint density at radius 1 is 0.906 bits per heavy atom. The quantitative estimate of drug-likeness (QED) is 0.405. The average molecular weight is 426 g/mol. The van der Waals surface area contributed by atoms with Crippen LogP contribution in [0.1, 0.15) is 37.9 Å². The van der Waals surface area contributed by atoms with E-state index in [9.17, 15) is 9.59 Å². The minimum Gasteiger partial charge on any atom is -0.360 e. The number of rotatable bonds is 8. The number of aromatic amines is 1. The molecular formula is C27H27N3O2. The Kier molecular flexibility index (Phi) is 6.47. The maximum absolute atomic E-state index is 13.5. The third-order valence-corrected chi connectivity index (χ3v) is 5.62. The summed E-state index contributed by atoms with van der Waals surface area (Å²) in [5, 5.41) is 4.39. The van der Waals surface area contributed by atoms with Gasteiger partial charge in [0.25, 0.3) is 5.91 Å². The summed E-state index contributed by atoms with van der Waals surface area (Å²) in [6, 6.07) is 24.9. The highest BCUT2D eigenvalue weighted by atomic mass is 16.2. The summed E-state index contributed by atoms with van der Waals surface area (Å²) < 4.78 is 0. The molecule has 5 heteroatoms. The van der Waals surface area contributed by atoms with Crippen LogP contribution in [0.5, 0.6) is 0 Å². The van der Waals surface area contributed by atoms with E-state index < -0.39 is 6.04 Å². The Balaban J connectivity index is 1.50. The number of hydrogen-bond acceptors (Lipinski definition) is 3. The number of Topliss-reactive ketones (excluding diaryl/α,β-unsaturated/α-hetero) is 1. The SMILES string of the molecule is CN(C)C(=O)c1ccc(CCN[C@@H](C(=O)c2c[nH]c3ccccc23)c2ccccc2)cc1. The molecule has 0 saturated heterocycles. The molecule has 4 rings (SSSR count). The van der Waals surface area contributed by atoms with Gasteiger partial charge in [-0.15, -0.1) is 0 Å². The first kappa shape index (κ1) is 21.5. The molecule has 3 aromatic carbocycles. The predicted octanol–water partition coefficient (Wildman–Crippen LogP) is 4.63. The van der Waals surface area contributed by atoms with Crippen molar-refractivity contribution in [2.75, 3.05) is 20.6 Å². The van der Waals surface area contributed by atoms with Gasteiger partial charge >= 0.3 is 0 Å². The highest BCUT2D eigenvalue weighted by molar-refractivity contribution is 6.10. The van der Waals surface area contributed by atoms with Crippen LogP contribution in [-0.2, 0) is 6.42 Å². The van der Waals surface area contributed by atoms with Gasteiger partial charge in [-0.25, -0.2) is 0 Å². The molecule has 0 aliphatic rings. The number of ketones is 1. The van der Waals surface area contributed by atoms with Gasteiger partial charge in [0.05, 0.1) is 6.04 Å². The van der Waals surface area contributed by atoms with Gasteiger partial charge < -0.3 is 15.2 Å². The van der Waals surface area contributed by atoms with E-state index in [1.54, 1.807) is 25.2 Å². The molecule has 0 aliphatic carbocycles. The van der Waals surface area contributed by atoms with Crippen molar-refractivity contribution in [3.8, 4) is 0 Å². The summed E-state index contributed by atoms with van der Waals surface area (Å²) in [6.07, 6.45) is 2.55. The van der Waals surface area contributed by atoms with E-state index in [0.29, 0.717) is 17.7 Å². The number of amides is 1. The summed E-state index contributed by atoms with van der Waals surface area (Å²) in [5.74, 6) is 0.0312. The van der Waals surface area contributed by atoms with Gasteiger partial charge in [0.1, 0.15) is 0 Å². The summed E-state index contributed by atoms with van der Waals surface area (Å²) in [6.45, 7) is 0.634. The highest BCUT2D eigenvalue weighted by Gasteiger charge is 2.23. The van der Waals surface area contributed by atoms with Crippen LogP contribution in [0.15, 0.2) is 85.1 Å². The molecule has 1 amide bonds. The van der Waals surface area contributed by atoms with Crippen molar-refractivity contribution in [3.05, 3.63) is 107 Å². The van der Waals surface area contributed by atoms with E-state index in [1.807, 2.05) is 78.9 Å². The number of carbonyl (C=O) groups is 2. The standard InChI is InChI=1S/C27H27N3O2/c1-30(2)27(32)21-14-12-19(13-15-21)16-17-28-25(20-8-4-3-5-9-20)26(31)23-18-29-24-11-7-6-10-22(23)24/h3-15,18,25,28-29H,16-17H2,1-2H3/t25-/m1/s1. The van der Waals surface area contributed by atoms with Crippen LogP contribution in [0.25, 0.3) is 10.9 Å². The molecular weight excluding hydrogens is 398 g/mol. The molecule has 0 saturated carbocycles. The number of fused-ring (bicyclic) bond motifs is 1. The van der Waals surface area contributed by atoms with Crippen molar-refractivity contribution in [3.63, 3.8) is 0 Å². The van der Waals surface area contributed by atoms with Gasteiger partial charge in [-0.2, -0.15) is 0 Å². The smallest absolute Gasteiger partial charge is 0.253 e. The summed E-state index contributed by atoms with van der Waals surface area (Å²) >= 11 is 0. The molecule has 0 unspecified atom stereocenters. The van der Waals surface area contributed by atoms with Crippen molar-refractivity contribution in [2.24, 2.45) is 0 Å². The second kappa shape index (κ2) is 9.62. The molecule has 0 spiro atoms. The fraction of sp³-hybridized carbons (Fsp3) is 0.185. The van der Waals surface area contributed by atoms with Crippen LogP contribution in [-0.4, -0.2) is 42.2 Å². The van der Waals surface area contributed by atoms with E-state index in [4.69, 9.17) is 0 Å². The zero-order valence-corrected chi connectivity index (χ0v) is 18.3. The van der Waals surface area contributed by atoms with Crippen molar-refractivity contribution < 1.29 is 9.59 Å². The Labute approximate surface area is 188 Å². The van der Waals surface area contributed by atoms with Gasteiger partial charge in [0.2, 0.25) is 0 Å². The second-order valence-electron chi connectivity index (χ2n) is 8.06. The van der Waals surface area contributed by atoms with Crippen LogP contribution in [0.2, 0.25) is 0 Å². The lowest BCUT2D eigenvalue weighted by Gasteiger charge is -2.18. The largest absolute Gasteiger partial charge is 0.360 e. The lowest BCUT2D eigenvalue weighted by molar-refractivity contribution is 0.0827. The molecule has 32 heavy (non-hydrogen) atoms. The Bertz CT molecular complexity index is 1210. The molecule has 1 heterocycles. The Morgan fingerprint density at radius 3 is 2.31 bits per heavy atom. The first-order chi connectivity index (χ1) is 15.5. The van der Waals surface area contributed by atoms with Gasteiger partial charge in [0.15, 0.2) is 5.78 Å². The van der Waals surface area contributed by atoms with E-state index in [0.717, 1.165) is 28.5 Å². The number of hydrogen-bond donors (Lipinski definition) is 2. The number of aromatic nitrogens is 1. The van der Waals surface area contributed by atoms with E-state index in [-0.39, 0.29) is 11.7 Å². The summed E-state index contributed by atoms with van der Waals surface area (Å²) in [7, 11) is 3.49. The molecule has 2 N–H and O–H groups in total. The molecule has 0 aliphatic heterocycles. The van der Waals surface area contributed by atoms with E-state index in [1.165, 1.54) is 0 Å². The fourth-order valence-corrected chi connectivity index (χ4v) is 3.87. The average Bonchev–Trinajstić information content (AvgIpc) is 3.26. The topological polar surface area (TPSA) is 65.2 Å². The van der Waals surface area contributed by atoms with Gasteiger partial charge in [-0.05, 0) is 35.7 Å². The summed E-state index contributed by atoms with van der Waals surface area (Å²) in [4.78, 5) is 30.4. The van der Waals surface area contributed by atoms with Gasteiger partial charge in [-0.1, -0.05) is 60.7 Å². The van der Waals surface area contributed by atoms with Crippen molar-refractivity contribution in [1.82, 2.24) is 15.2 Å². The normalized spacial score (nSPS) is 11.9. The molecule has 4 aromatic rings. The zero-order chi connectivity index (χ0) is 22.5. The minimum absolute atomic E-state index is 0.0110. The zero-order valence-electron chi connectivity index (χ0n) is 18.3. The van der Waals surface area contributed by atoms with Crippen LogP contribution >= 0.6 is 0 Å². The third-order valence-electron chi connectivity index (χ3n) is 5.62. The Morgan fingerprint density at radius 2 is 1.59 bits per heavy atom. The van der Waals surface area contributed by atoms with E-state index >= 15 is 0 Å². The van der Waals surface area contributed by atoms with Crippen molar-refractivity contribution >= 4 is 22.6 Å². The molecule has 162 valence electrons. The maximum Gasteiger partial charge on any atom is 0.253 e.